The summed E-state index contributed by atoms with van der Waals surface area (Å²) in [5.41, 5.74) is -0.246. The number of nitrogens with one attached hydrogen (secondary N) is 1. The van der Waals surface area contributed by atoms with E-state index in [2.05, 4.69) is 21.2 Å². The van der Waals surface area contributed by atoms with Crippen molar-refractivity contribution in [1.29, 1.82) is 0 Å². The predicted octanol–water partition coefficient (Wildman–Crippen LogP) is 4.55. The van der Waals surface area contributed by atoms with Gasteiger partial charge in [0.2, 0.25) is 0 Å². The third-order valence-electron chi connectivity index (χ3n) is 2.30. The molecule has 1 rings (SSSR count). The maximum absolute atomic E-state index is 12.7. The van der Waals surface area contributed by atoms with Gasteiger partial charge in [-0.25, -0.2) is 0 Å². The van der Waals surface area contributed by atoms with Crippen LogP contribution < -0.4 is 5.32 Å². The topological polar surface area (TPSA) is 21.3 Å². The summed E-state index contributed by atoms with van der Waals surface area (Å²) in [6.07, 6.45) is -4.36. The van der Waals surface area contributed by atoms with Crippen LogP contribution >= 0.6 is 15.9 Å². The van der Waals surface area contributed by atoms with E-state index in [1.165, 1.54) is 6.07 Å². The molecule has 19 heavy (non-hydrogen) atoms. The molecular formula is C13H17BrF3NO. The molecule has 0 saturated heterocycles. The molecule has 1 N–H and O–H groups in total. The van der Waals surface area contributed by atoms with E-state index in [0.717, 1.165) is 6.07 Å². The molecule has 0 aromatic heterocycles. The first kappa shape index (κ1) is 16.3. The molecule has 0 saturated carbocycles. The van der Waals surface area contributed by atoms with Gasteiger partial charge in [0.05, 0.1) is 12.2 Å². The van der Waals surface area contributed by atoms with E-state index in [1.54, 1.807) is 6.07 Å². The lowest BCUT2D eigenvalue weighted by atomic mass is 10.2. The van der Waals surface area contributed by atoms with Crippen molar-refractivity contribution >= 4 is 21.6 Å². The van der Waals surface area contributed by atoms with Gasteiger partial charge in [0, 0.05) is 23.3 Å². The molecule has 1 aromatic carbocycles. The molecular weight excluding hydrogens is 323 g/mol. The van der Waals surface area contributed by atoms with Gasteiger partial charge in [-0.05, 0) is 24.1 Å². The van der Waals surface area contributed by atoms with Crippen LogP contribution in [0.3, 0.4) is 0 Å². The van der Waals surface area contributed by atoms with E-state index >= 15 is 0 Å². The van der Waals surface area contributed by atoms with Gasteiger partial charge in [0.15, 0.2) is 0 Å². The van der Waals surface area contributed by atoms with Crippen molar-refractivity contribution in [1.82, 2.24) is 0 Å². The second-order valence-electron chi connectivity index (χ2n) is 4.59. The van der Waals surface area contributed by atoms with E-state index < -0.39 is 11.7 Å². The number of hydrogen-bond donors (Lipinski definition) is 1. The second kappa shape index (κ2) is 7.14. The van der Waals surface area contributed by atoms with Gasteiger partial charge in [0.25, 0.3) is 0 Å². The molecule has 0 aliphatic heterocycles. The number of halogens is 4. The Morgan fingerprint density at radius 2 is 2.00 bits per heavy atom. The fourth-order valence-electron chi connectivity index (χ4n) is 1.44. The third kappa shape index (κ3) is 5.82. The Morgan fingerprint density at radius 3 is 2.58 bits per heavy atom. The standard InChI is InChI=1S/C13H17BrF3NO/c1-9(2)8-19-6-5-18-10-3-4-12(14)11(7-10)13(15,16)17/h3-4,7,9,18H,5-6,8H2,1-2H3. The average molecular weight is 340 g/mol. The maximum Gasteiger partial charge on any atom is 0.417 e. The molecule has 6 heteroatoms. The fraction of sp³-hybridized carbons (Fsp3) is 0.538. The van der Waals surface area contributed by atoms with Crippen LogP contribution in [-0.4, -0.2) is 19.8 Å². The number of alkyl halides is 3. The Kier molecular flexibility index (Phi) is 6.13. The first-order valence-corrected chi connectivity index (χ1v) is 6.78. The SMILES string of the molecule is CC(C)COCCNc1ccc(Br)c(C(F)(F)F)c1. The molecule has 0 atom stereocenters. The minimum atomic E-state index is -4.36. The van der Waals surface area contributed by atoms with Crippen LogP contribution in [0.25, 0.3) is 0 Å². The molecule has 2 nitrogen and oxygen atoms in total. The number of anilines is 1. The summed E-state index contributed by atoms with van der Waals surface area (Å²) in [5, 5.41) is 2.91. The highest BCUT2D eigenvalue weighted by Crippen LogP contribution is 2.36. The first-order valence-electron chi connectivity index (χ1n) is 5.99. The van der Waals surface area contributed by atoms with Crippen LogP contribution in [0.2, 0.25) is 0 Å². The minimum absolute atomic E-state index is 0.0432. The lowest BCUT2D eigenvalue weighted by Gasteiger charge is -2.13. The normalized spacial score (nSPS) is 11.9. The van der Waals surface area contributed by atoms with Gasteiger partial charge in [-0.3, -0.25) is 0 Å². The lowest BCUT2D eigenvalue weighted by molar-refractivity contribution is -0.138. The molecule has 0 unspecified atom stereocenters. The number of ether oxygens (including phenoxy) is 1. The quantitative estimate of drug-likeness (QED) is 0.767. The van der Waals surface area contributed by atoms with Crippen molar-refractivity contribution in [3.05, 3.63) is 28.2 Å². The number of hydrogen-bond acceptors (Lipinski definition) is 2. The summed E-state index contributed by atoms with van der Waals surface area (Å²) in [6, 6.07) is 4.08. The van der Waals surface area contributed by atoms with Gasteiger partial charge >= 0.3 is 6.18 Å². The molecule has 0 heterocycles. The summed E-state index contributed by atoms with van der Waals surface area (Å²) >= 11 is 2.90. The van der Waals surface area contributed by atoms with Crippen molar-refractivity contribution in [2.45, 2.75) is 20.0 Å². The molecule has 1 aromatic rings. The Morgan fingerprint density at radius 1 is 1.32 bits per heavy atom. The highest BCUT2D eigenvalue weighted by Gasteiger charge is 2.33. The van der Waals surface area contributed by atoms with Gasteiger partial charge in [0.1, 0.15) is 0 Å². The molecule has 0 amide bonds. The zero-order chi connectivity index (χ0) is 14.5. The van der Waals surface area contributed by atoms with E-state index in [-0.39, 0.29) is 4.47 Å². The summed E-state index contributed by atoms with van der Waals surface area (Å²) in [6.45, 7) is 5.67. The van der Waals surface area contributed by atoms with E-state index in [1.807, 2.05) is 13.8 Å². The molecule has 0 spiro atoms. The summed E-state index contributed by atoms with van der Waals surface area (Å²) in [7, 11) is 0. The van der Waals surface area contributed by atoms with Crippen LogP contribution in [0.5, 0.6) is 0 Å². The Labute approximate surface area is 119 Å². The van der Waals surface area contributed by atoms with Crippen LogP contribution in [0.4, 0.5) is 18.9 Å². The second-order valence-corrected chi connectivity index (χ2v) is 5.44. The van der Waals surface area contributed by atoms with Gasteiger partial charge < -0.3 is 10.1 Å². The molecule has 0 radical (unpaired) electrons. The first-order chi connectivity index (χ1) is 8.80. The van der Waals surface area contributed by atoms with Crippen molar-refractivity contribution in [3.8, 4) is 0 Å². The van der Waals surface area contributed by atoms with Gasteiger partial charge in [-0.1, -0.05) is 29.8 Å². The zero-order valence-electron chi connectivity index (χ0n) is 10.9. The number of rotatable bonds is 6. The Hall–Kier alpha value is -0.750. The zero-order valence-corrected chi connectivity index (χ0v) is 12.4. The third-order valence-corrected chi connectivity index (χ3v) is 2.99. The number of benzene rings is 1. The van der Waals surface area contributed by atoms with Crippen molar-refractivity contribution < 1.29 is 17.9 Å². The molecule has 0 bridgehead atoms. The largest absolute Gasteiger partial charge is 0.417 e. The van der Waals surface area contributed by atoms with Gasteiger partial charge in [-0.2, -0.15) is 13.2 Å². The molecule has 108 valence electrons. The van der Waals surface area contributed by atoms with Crippen LogP contribution in [0, 0.1) is 5.92 Å². The Bertz CT molecular complexity index is 407. The van der Waals surface area contributed by atoms with E-state index in [9.17, 15) is 13.2 Å². The highest BCUT2D eigenvalue weighted by atomic mass is 79.9. The van der Waals surface area contributed by atoms with Gasteiger partial charge in [-0.15, -0.1) is 0 Å². The predicted molar refractivity (Wildman–Crippen MR) is 73.3 cm³/mol. The highest BCUT2D eigenvalue weighted by molar-refractivity contribution is 9.10. The van der Waals surface area contributed by atoms with E-state index in [4.69, 9.17) is 4.74 Å². The van der Waals surface area contributed by atoms with Crippen LogP contribution in [0.1, 0.15) is 19.4 Å². The van der Waals surface area contributed by atoms with Crippen molar-refractivity contribution in [2.24, 2.45) is 5.92 Å². The van der Waals surface area contributed by atoms with Crippen LogP contribution in [-0.2, 0) is 10.9 Å². The van der Waals surface area contributed by atoms with Crippen molar-refractivity contribution in [3.63, 3.8) is 0 Å². The smallest absolute Gasteiger partial charge is 0.383 e. The molecule has 0 fully saturated rings. The monoisotopic (exact) mass is 339 g/mol. The summed E-state index contributed by atoms with van der Waals surface area (Å²) in [5.74, 6) is 0.449. The van der Waals surface area contributed by atoms with E-state index in [0.29, 0.717) is 31.4 Å². The minimum Gasteiger partial charge on any atom is -0.383 e. The summed E-state index contributed by atoms with van der Waals surface area (Å²) in [4.78, 5) is 0. The molecule has 0 aliphatic rings. The Balaban J connectivity index is 2.51. The summed E-state index contributed by atoms with van der Waals surface area (Å²) < 4.78 is 43.4. The lowest BCUT2D eigenvalue weighted by Crippen LogP contribution is -2.13. The maximum atomic E-state index is 12.7. The fourth-order valence-corrected chi connectivity index (χ4v) is 1.91. The average Bonchev–Trinajstić information content (AvgIpc) is 2.28. The van der Waals surface area contributed by atoms with Crippen molar-refractivity contribution in [2.75, 3.05) is 25.1 Å². The van der Waals surface area contributed by atoms with Crippen LogP contribution in [0.15, 0.2) is 22.7 Å². The molecule has 0 aliphatic carbocycles.